The number of carbonyl (C=O) groups is 1. The van der Waals surface area contributed by atoms with Gasteiger partial charge in [-0.3, -0.25) is 0 Å². The Hall–Kier alpha value is -1.39. The lowest BCUT2D eigenvalue weighted by Crippen LogP contribution is -2.16. The number of aliphatic hydroxyl groups is 1. The van der Waals surface area contributed by atoms with E-state index in [4.69, 9.17) is 9.84 Å². The molecule has 4 nitrogen and oxygen atoms in total. The lowest BCUT2D eigenvalue weighted by Gasteiger charge is -2.12. The Morgan fingerprint density at radius 1 is 1.40 bits per heavy atom. The van der Waals surface area contributed by atoms with Gasteiger partial charge in [-0.25, -0.2) is 4.79 Å². The summed E-state index contributed by atoms with van der Waals surface area (Å²) in [6.07, 6.45) is -0.533. The fourth-order valence-corrected chi connectivity index (χ4v) is 1.76. The Bertz CT molecular complexity index is 375. The monoisotopic (exact) mass is 208 g/mol. The molecule has 4 heteroatoms. The van der Waals surface area contributed by atoms with E-state index < -0.39 is 12.1 Å². The maximum Gasteiger partial charge on any atom is 0.335 e. The van der Waals surface area contributed by atoms with Gasteiger partial charge in [0.05, 0.1) is 24.9 Å². The van der Waals surface area contributed by atoms with Crippen molar-refractivity contribution in [2.45, 2.75) is 12.0 Å². The highest BCUT2D eigenvalue weighted by atomic mass is 16.5. The molecule has 0 radical (unpaired) electrons. The number of rotatable bonds is 2. The van der Waals surface area contributed by atoms with Crippen LogP contribution in [-0.2, 0) is 4.74 Å². The normalized spacial score (nSPS) is 25.4. The molecule has 0 spiro atoms. The molecule has 1 aromatic carbocycles. The van der Waals surface area contributed by atoms with Crippen molar-refractivity contribution >= 4 is 5.97 Å². The lowest BCUT2D eigenvalue weighted by molar-refractivity contribution is 0.0696. The average Bonchev–Trinajstić information content (AvgIpc) is 2.64. The largest absolute Gasteiger partial charge is 0.478 e. The Morgan fingerprint density at radius 2 is 2.20 bits per heavy atom. The van der Waals surface area contributed by atoms with Gasteiger partial charge in [0.25, 0.3) is 0 Å². The highest BCUT2D eigenvalue weighted by Gasteiger charge is 2.27. The minimum absolute atomic E-state index is 0.107. The minimum atomic E-state index is -0.953. The van der Waals surface area contributed by atoms with Crippen LogP contribution in [0, 0.1) is 0 Å². The topological polar surface area (TPSA) is 66.8 Å². The lowest BCUT2D eigenvalue weighted by atomic mass is 9.95. The van der Waals surface area contributed by atoms with Crippen LogP contribution in [0.5, 0.6) is 0 Å². The fraction of sp³-hybridized carbons (Fsp3) is 0.364. The maximum atomic E-state index is 10.8. The molecule has 1 aliphatic rings. The molecule has 1 heterocycles. The van der Waals surface area contributed by atoms with Crippen LogP contribution in [0.2, 0.25) is 0 Å². The van der Waals surface area contributed by atoms with Crippen molar-refractivity contribution in [2.24, 2.45) is 0 Å². The number of hydrogen-bond acceptors (Lipinski definition) is 3. The van der Waals surface area contributed by atoms with E-state index in [1.54, 1.807) is 12.1 Å². The van der Waals surface area contributed by atoms with Gasteiger partial charge in [0.2, 0.25) is 0 Å². The zero-order valence-corrected chi connectivity index (χ0v) is 8.09. The number of benzene rings is 1. The number of aliphatic hydroxyl groups excluding tert-OH is 1. The van der Waals surface area contributed by atoms with E-state index in [-0.39, 0.29) is 11.5 Å². The molecule has 2 rings (SSSR count). The third-order valence-corrected chi connectivity index (χ3v) is 2.61. The van der Waals surface area contributed by atoms with Crippen LogP contribution < -0.4 is 0 Å². The summed E-state index contributed by atoms with van der Waals surface area (Å²) in [7, 11) is 0. The molecule has 0 amide bonds. The zero-order chi connectivity index (χ0) is 10.8. The van der Waals surface area contributed by atoms with Crippen molar-refractivity contribution in [1.82, 2.24) is 0 Å². The quantitative estimate of drug-likeness (QED) is 0.756. The summed E-state index contributed by atoms with van der Waals surface area (Å²) in [4.78, 5) is 10.8. The Morgan fingerprint density at radius 3 is 2.80 bits per heavy atom. The molecule has 2 N–H and O–H groups in total. The molecule has 1 aromatic rings. The summed E-state index contributed by atoms with van der Waals surface area (Å²) in [5.74, 6) is -1.06. The standard InChI is InChI=1S/C11H12O4/c12-10-6-15-5-9(10)7-2-1-3-8(4-7)11(13)14/h1-4,9-10,12H,5-6H2,(H,13,14)/t9-,10+/m0/s1. The van der Waals surface area contributed by atoms with Crippen molar-refractivity contribution in [3.63, 3.8) is 0 Å². The molecule has 1 fully saturated rings. The molecule has 80 valence electrons. The molecule has 0 saturated carbocycles. The van der Waals surface area contributed by atoms with Gasteiger partial charge in [0, 0.05) is 5.92 Å². The highest BCUT2D eigenvalue weighted by molar-refractivity contribution is 5.87. The van der Waals surface area contributed by atoms with Gasteiger partial charge in [0.1, 0.15) is 0 Å². The van der Waals surface area contributed by atoms with Crippen molar-refractivity contribution in [3.05, 3.63) is 35.4 Å². The second kappa shape index (κ2) is 4.00. The van der Waals surface area contributed by atoms with E-state index in [9.17, 15) is 9.90 Å². The average molecular weight is 208 g/mol. The summed E-state index contributed by atoms with van der Waals surface area (Å²) in [6.45, 7) is 0.770. The van der Waals surface area contributed by atoms with Gasteiger partial charge < -0.3 is 14.9 Å². The number of carboxylic acid groups (broad SMARTS) is 1. The first-order valence-corrected chi connectivity index (χ1v) is 4.77. The SMILES string of the molecule is O=C(O)c1cccc([C@@H]2COC[C@H]2O)c1. The van der Waals surface area contributed by atoms with E-state index in [0.29, 0.717) is 13.2 Å². The van der Waals surface area contributed by atoms with Crippen LogP contribution in [0.3, 0.4) is 0 Å². The van der Waals surface area contributed by atoms with Crippen molar-refractivity contribution in [3.8, 4) is 0 Å². The van der Waals surface area contributed by atoms with E-state index in [2.05, 4.69) is 0 Å². The highest BCUT2D eigenvalue weighted by Crippen LogP contribution is 2.26. The molecule has 0 aromatic heterocycles. The molecule has 15 heavy (non-hydrogen) atoms. The Balaban J connectivity index is 2.28. The first kappa shape index (κ1) is 10.1. The summed E-state index contributed by atoms with van der Waals surface area (Å²) >= 11 is 0. The van der Waals surface area contributed by atoms with E-state index in [1.165, 1.54) is 6.07 Å². The molecule has 1 aliphatic heterocycles. The molecule has 0 aliphatic carbocycles. The Labute approximate surface area is 87.1 Å². The first-order chi connectivity index (χ1) is 7.18. The third-order valence-electron chi connectivity index (χ3n) is 2.61. The molecule has 0 bridgehead atoms. The summed E-state index contributed by atoms with van der Waals surface area (Å²) in [6, 6.07) is 6.62. The van der Waals surface area contributed by atoms with Gasteiger partial charge in [-0.15, -0.1) is 0 Å². The predicted octanol–water partition coefficient (Wildman–Crippen LogP) is 0.859. The zero-order valence-electron chi connectivity index (χ0n) is 8.09. The smallest absolute Gasteiger partial charge is 0.335 e. The van der Waals surface area contributed by atoms with E-state index >= 15 is 0 Å². The first-order valence-electron chi connectivity index (χ1n) is 4.77. The number of aromatic carboxylic acids is 1. The molecule has 1 saturated heterocycles. The van der Waals surface area contributed by atoms with Gasteiger partial charge in [-0.1, -0.05) is 12.1 Å². The summed E-state index contributed by atoms with van der Waals surface area (Å²) in [5, 5.41) is 18.4. The second-order valence-corrected chi connectivity index (χ2v) is 3.64. The van der Waals surface area contributed by atoms with Crippen LogP contribution in [0.4, 0.5) is 0 Å². The van der Waals surface area contributed by atoms with Crippen molar-refractivity contribution < 1.29 is 19.7 Å². The maximum absolute atomic E-state index is 10.8. The van der Waals surface area contributed by atoms with Crippen LogP contribution in [0.1, 0.15) is 21.8 Å². The molecule has 0 unspecified atom stereocenters. The minimum Gasteiger partial charge on any atom is -0.478 e. The van der Waals surface area contributed by atoms with Gasteiger partial charge in [-0.2, -0.15) is 0 Å². The van der Waals surface area contributed by atoms with E-state index in [1.807, 2.05) is 6.07 Å². The van der Waals surface area contributed by atoms with Crippen LogP contribution >= 0.6 is 0 Å². The van der Waals surface area contributed by atoms with Crippen LogP contribution in [-0.4, -0.2) is 35.5 Å². The molecular weight excluding hydrogens is 196 g/mol. The van der Waals surface area contributed by atoms with E-state index in [0.717, 1.165) is 5.56 Å². The van der Waals surface area contributed by atoms with Gasteiger partial charge in [0.15, 0.2) is 0 Å². The van der Waals surface area contributed by atoms with Crippen molar-refractivity contribution in [1.29, 1.82) is 0 Å². The second-order valence-electron chi connectivity index (χ2n) is 3.64. The predicted molar refractivity (Wildman–Crippen MR) is 53.0 cm³/mol. The molecular formula is C11H12O4. The fourth-order valence-electron chi connectivity index (χ4n) is 1.76. The number of hydrogen-bond donors (Lipinski definition) is 2. The summed E-state index contributed by atoms with van der Waals surface area (Å²) in [5.41, 5.74) is 1.06. The van der Waals surface area contributed by atoms with Crippen LogP contribution in [0.15, 0.2) is 24.3 Å². The summed E-state index contributed by atoms with van der Waals surface area (Å²) < 4.78 is 5.13. The number of ether oxygens (including phenoxy) is 1. The number of carboxylic acids is 1. The van der Waals surface area contributed by atoms with Crippen molar-refractivity contribution in [2.75, 3.05) is 13.2 Å². The molecule has 2 atom stereocenters. The van der Waals surface area contributed by atoms with Gasteiger partial charge >= 0.3 is 5.97 Å². The Kier molecular flexibility index (Phi) is 2.70. The third kappa shape index (κ3) is 2.00. The van der Waals surface area contributed by atoms with Gasteiger partial charge in [-0.05, 0) is 17.7 Å². The van der Waals surface area contributed by atoms with Crippen LogP contribution in [0.25, 0.3) is 0 Å².